The van der Waals surface area contributed by atoms with Crippen LogP contribution in [0.25, 0.3) is 0 Å². The van der Waals surface area contributed by atoms with Crippen LogP contribution in [0.1, 0.15) is 33.1 Å². The number of rotatable bonds is 8. The van der Waals surface area contributed by atoms with Gasteiger partial charge in [-0.05, 0) is 19.8 Å². The summed E-state index contributed by atoms with van der Waals surface area (Å²) in [7, 11) is 1.57. The van der Waals surface area contributed by atoms with E-state index in [1.165, 1.54) is 0 Å². The lowest BCUT2D eigenvalue weighted by Crippen LogP contribution is -2.47. The lowest BCUT2D eigenvalue weighted by Gasteiger charge is -2.23. The molecule has 0 aromatic rings. The number of nitrogens with two attached hydrogens (primary N) is 1. The molecular weight excluding hydrogens is 208 g/mol. The van der Waals surface area contributed by atoms with E-state index in [1.807, 2.05) is 6.92 Å². The van der Waals surface area contributed by atoms with Crippen LogP contribution in [0.4, 0.5) is 0 Å². The van der Waals surface area contributed by atoms with Crippen molar-refractivity contribution in [1.82, 2.24) is 5.32 Å². The Morgan fingerprint density at radius 1 is 1.62 bits per heavy atom. The van der Waals surface area contributed by atoms with Gasteiger partial charge in [0, 0.05) is 20.3 Å². The van der Waals surface area contributed by atoms with Crippen molar-refractivity contribution in [3.8, 4) is 0 Å². The van der Waals surface area contributed by atoms with Crippen molar-refractivity contribution >= 4 is 5.91 Å². The fourth-order valence-electron chi connectivity index (χ4n) is 1.41. The molecule has 0 spiro atoms. The highest BCUT2D eigenvalue weighted by atomic mass is 16.5. The van der Waals surface area contributed by atoms with Crippen molar-refractivity contribution in [2.45, 2.75) is 44.8 Å². The molecule has 1 amide bonds. The third-order valence-electron chi connectivity index (χ3n) is 2.40. The standard InChI is InChI=1S/C11H24N2O3/c1-4-6-11(2,15)8-13-10(14)9(12)5-7-16-3/h9,15H,4-8,12H2,1-3H3,(H,13,14). The first-order chi connectivity index (χ1) is 7.43. The third-order valence-corrected chi connectivity index (χ3v) is 2.40. The maximum Gasteiger partial charge on any atom is 0.237 e. The number of carbonyl (C=O) groups excluding carboxylic acids is 1. The second-order valence-electron chi connectivity index (χ2n) is 4.35. The maximum absolute atomic E-state index is 11.5. The molecule has 2 unspecified atom stereocenters. The highest BCUT2D eigenvalue weighted by Gasteiger charge is 2.21. The molecule has 0 bridgehead atoms. The summed E-state index contributed by atoms with van der Waals surface area (Å²) < 4.78 is 4.84. The third kappa shape index (κ3) is 6.76. The summed E-state index contributed by atoms with van der Waals surface area (Å²) in [5.74, 6) is -0.242. The van der Waals surface area contributed by atoms with E-state index >= 15 is 0 Å². The predicted octanol–water partition coefficient (Wildman–Crippen LogP) is 0.0175. The lowest BCUT2D eigenvalue weighted by molar-refractivity contribution is -0.123. The van der Waals surface area contributed by atoms with Crippen molar-refractivity contribution in [3.63, 3.8) is 0 Å². The largest absolute Gasteiger partial charge is 0.388 e. The van der Waals surface area contributed by atoms with Gasteiger partial charge in [0.15, 0.2) is 0 Å². The zero-order chi connectivity index (χ0) is 12.6. The van der Waals surface area contributed by atoms with Crippen molar-refractivity contribution in [2.24, 2.45) is 5.73 Å². The van der Waals surface area contributed by atoms with Gasteiger partial charge in [-0.1, -0.05) is 13.3 Å². The van der Waals surface area contributed by atoms with Crippen LogP contribution in [0.15, 0.2) is 0 Å². The normalized spacial score (nSPS) is 16.6. The summed E-state index contributed by atoms with van der Waals surface area (Å²) in [4.78, 5) is 11.5. The first-order valence-electron chi connectivity index (χ1n) is 5.67. The minimum Gasteiger partial charge on any atom is -0.388 e. The Labute approximate surface area is 97.3 Å². The van der Waals surface area contributed by atoms with Gasteiger partial charge in [-0.2, -0.15) is 0 Å². The molecule has 0 fully saturated rings. The zero-order valence-electron chi connectivity index (χ0n) is 10.5. The molecule has 96 valence electrons. The Hall–Kier alpha value is -0.650. The molecule has 5 nitrogen and oxygen atoms in total. The maximum atomic E-state index is 11.5. The molecule has 0 saturated carbocycles. The topological polar surface area (TPSA) is 84.6 Å². The van der Waals surface area contributed by atoms with Crippen LogP contribution >= 0.6 is 0 Å². The quantitative estimate of drug-likeness (QED) is 0.550. The van der Waals surface area contributed by atoms with E-state index in [1.54, 1.807) is 14.0 Å². The molecule has 0 aromatic heterocycles. The van der Waals surface area contributed by atoms with Crippen molar-refractivity contribution < 1.29 is 14.6 Å². The molecule has 5 heteroatoms. The van der Waals surface area contributed by atoms with Crippen LogP contribution in [0.5, 0.6) is 0 Å². The molecule has 16 heavy (non-hydrogen) atoms. The van der Waals surface area contributed by atoms with E-state index < -0.39 is 11.6 Å². The minimum atomic E-state index is -0.856. The van der Waals surface area contributed by atoms with Gasteiger partial charge in [0.1, 0.15) is 0 Å². The van der Waals surface area contributed by atoms with Crippen LogP contribution in [0.3, 0.4) is 0 Å². The van der Waals surface area contributed by atoms with E-state index in [0.29, 0.717) is 19.4 Å². The van der Waals surface area contributed by atoms with Crippen LogP contribution in [-0.2, 0) is 9.53 Å². The highest BCUT2D eigenvalue weighted by Crippen LogP contribution is 2.09. The fourth-order valence-corrected chi connectivity index (χ4v) is 1.41. The molecule has 0 radical (unpaired) electrons. The van der Waals surface area contributed by atoms with Crippen LogP contribution in [0, 0.1) is 0 Å². The van der Waals surface area contributed by atoms with Gasteiger partial charge in [-0.15, -0.1) is 0 Å². The van der Waals surface area contributed by atoms with Gasteiger partial charge < -0.3 is 20.9 Å². The number of aliphatic hydroxyl groups is 1. The summed E-state index contributed by atoms with van der Waals surface area (Å²) in [5, 5.41) is 12.5. The highest BCUT2D eigenvalue weighted by molar-refractivity contribution is 5.81. The first-order valence-corrected chi connectivity index (χ1v) is 5.67. The van der Waals surface area contributed by atoms with Crippen molar-refractivity contribution in [1.29, 1.82) is 0 Å². The van der Waals surface area contributed by atoms with Gasteiger partial charge in [0.25, 0.3) is 0 Å². The van der Waals surface area contributed by atoms with E-state index in [-0.39, 0.29) is 12.5 Å². The van der Waals surface area contributed by atoms with Gasteiger partial charge in [-0.25, -0.2) is 0 Å². The first kappa shape index (κ1) is 15.3. The molecule has 0 aliphatic heterocycles. The average molecular weight is 232 g/mol. The molecule has 0 aromatic carbocycles. The fraction of sp³-hybridized carbons (Fsp3) is 0.909. The lowest BCUT2D eigenvalue weighted by atomic mass is 10.0. The molecular formula is C11H24N2O3. The van der Waals surface area contributed by atoms with Crippen LogP contribution < -0.4 is 11.1 Å². The number of carbonyl (C=O) groups is 1. The number of hydrogen-bond donors (Lipinski definition) is 3. The molecule has 2 atom stereocenters. The van der Waals surface area contributed by atoms with Gasteiger partial charge in [0.05, 0.1) is 11.6 Å². The molecule has 0 aliphatic rings. The SMILES string of the molecule is CCCC(C)(O)CNC(=O)C(N)CCOC. The Morgan fingerprint density at radius 3 is 2.75 bits per heavy atom. The minimum absolute atomic E-state index is 0.236. The van der Waals surface area contributed by atoms with E-state index in [4.69, 9.17) is 10.5 Å². The van der Waals surface area contributed by atoms with Crippen LogP contribution in [0.2, 0.25) is 0 Å². The molecule has 0 aliphatic carbocycles. The monoisotopic (exact) mass is 232 g/mol. The molecule has 4 N–H and O–H groups in total. The molecule has 0 saturated heterocycles. The van der Waals surface area contributed by atoms with E-state index in [2.05, 4.69) is 5.32 Å². The molecule has 0 heterocycles. The van der Waals surface area contributed by atoms with Crippen LogP contribution in [-0.4, -0.2) is 42.9 Å². The Kier molecular flexibility index (Phi) is 7.29. The summed E-state index contributed by atoms with van der Waals surface area (Å²) in [6.45, 7) is 4.39. The van der Waals surface area contributed by atoms with Gasteiger partial charge in [0.2, 0.25) is 5.91 Å². The second-order valence-corrected chi connectivity index (χ2v) is 4.35. The number of hydrogen-bond acceptors (Lipinski definition) is 4. The Morgan fingerprint density at radius 2 is 2.25 bits per heavy atom. The van der Waals surface area contributed by atoms with E-state index in [0.717, 1.165) is 6.42 Å². The van der Waals surface area contributed by atoms with Gasteiger partial charge in [-0.3, -0.25) is 4.79 Å². The summed E-state index contributed by atoms with van der Waals surface area (Å²) in [6, 6.07) is -0.572. The Balaban J connectivity index is 3.87. The van der Waals surface area contributed by atoms with Gasteiger partial charge >= 0.3 is 0 Å². The predicted molar refractivity (Wildman–Crippen MR) is 63.0 cm³/mol. The summed E-state index contributed by atoms with van der Waals surface area (Å²) in [5.41, 5.74) is 4.78. The number of amides is 1. The number of ether oxygens (including phenoxy) is 1. The number of methoxy groups -OCH3 is 1. The van der Waals surface area contributed by atoms with Crippen molar-refractivity contribution in [2.75, 3.05) is 20.3 Å². The second kappa shape index (κ2) is 7.60. The van der Waals surface area contributed by atoms with E-state index in [9.17, 15) is 9.90 Å². The Bertz CT molecular complexity index is 207. The summed E-state index contributed by atoms with van der Waals surface area (Å²) in [6.07, 6.45) is 2.01. The number of nitrogens with one attached hydrogen (secondary N) is 1. The van der Waals surface area contributed by atoms with Crippen molar-refractivity contribution in [3.05, 3.63) is 0 Å². The average Bonchev–Trinajstić information content (AvgIpc) is 2.22. The summed E-state index contributed by atoms with van der Waals surface area (Å²) >= 11 is 0. The smallest absolute Gasteiger partial charge is 0.237 e. The zero-order valence-corrected chi connectivity index (χ0v) is 10.5. The molecule has 0 rings (SSSR count).